The Balaban J connectivity index is 1.34. The molecular formula is C47H33N3. The van der Waals surface area contributed by atoms with Gasteiger partial charge in [0.05, 0.1) is 22.8 Å². The first-order valence-electron chi connectivity index (χ1n) is 17.3. The summed E-state index contributed by atoms with van der Waals surface area (Å²) in [5.41, 5.74) is 16.3. The van der Waals surface area contributed by atoms with Gasteiger partial charge in [0.25, 0.3) is 0 Å². The number of hydrogen-bond acceptors (Lipinski definition) is 3. The van der Waals surface area contributed by atoms with E-state index >= 15 is 0 Å². The summed E-state index contributed by atoms with van der Waals surface area (Å²) in [5, 5.41) is 2.39. The normalized spacial score (nSPS) is 13.5. The average Bonchev–Trinajstić information content (AvgIpc) is 3.42. The van der Waals surface area contributed by atoms with Crippen LogP contribution in [0.15, 0.2) is 164 Å². The zero-order chi connectivity index (χ0) is 33.4. The van der Waals surface area contributed by atoms with Crippen LogP contribution in [-0.4, -0.2) is 9.97 Å². The Kier molecular flexibility index (Phi) is 6.22. The van der Waals surface area contributed by atoms with E-state index in [2.05, 4.69) is 170 Å². The molecule has 0 saturated carbocycles. The minimum atomic E-state index is -0.143. The van der Waals surface area contributed by atoms with Crippen molar-refractivity contribution in [3.63, 3.8) is 0 Å². The Labute approximate surface area is 292 Å². The van der Waals surface area contributed by atoms with Crippen molar-refractivity contribution in [2.24, 2.45) is 0 Å². The smallest absolute Gasteiger partial charge is 0.138 e. The first-order valence-corrected chi connectivity index (χ1v) is 17.3. The number of rotatable bonds is 4. The van der Waals surface area contributed by atoms with Crippen LogP contribution in [0.2, 0.25) is 0 Å². The van der Waals surface area contributed by atoms with Gasteiger partial charge in [-0.3, -0.25) is 9.88 Å². The summed E-state index contributed by atoms with van der Waals surface area (Å²) in [4.78, 5) is 12.7. The average molecular weight is 640 g/mol. The number of nitrogens with zero attached hydrogens (tertiary/aromatic N) is 3. The standard InChI is InChI=1S/C47H33N3/c1-47(2)38-20-10-9-18-37(38)45-39(47)26-25-36-35-24-23-33(40-21-11-12-27-48-40)34-19-13-22-42(44(34)35)50(46(36)45)43-29-32(30-14-5-3-6-15-30)28-41(49-43)31-16-7-4-8-17-31/h3-29H,1-2H3. The minimum absolute atomic E-state index is 0.143. The molecule has 236 valence electrons. The molecule has 0 radical (unpaired) electrons. The van der Waals surface area contributed by atoms with E-state index in [4.69, 9.17) is 9.97 Å². The fraction of sp³-hybridized carbons (Fsp3) is 0.0638. The van der Waals surface area contributed by atoms with Crippen LogP contribution in [0.1, 0.15) is 25.0 Å². The first kappa shape index (κ1) is 28.7. The zero-order valence-electron chi connectivity index (χ0n) is 27.9. The molecule has 0 atom stereocenters. The molecule has 8 aromatic rings. The minimum Gasteiger partial charge on any atom is -0.293 e. The molecule has 1 aliphatic heterocycles. The van der Waals surface area contributed by atoms with Crippen molar-refractivity contribution in [3.8, 4) is 55.9 Å². The number of aromatic nitrogens is 2. The van der Waals surface area contributed by atoms with Crippen LogP contribution in [0.25, 0.3) is 66.7 Å². The Bertz CT molecular complexity index is 2550. The monoisotopic (exact) mass is 639 g/mol. The van der Waals surface area contributed by atoms with E-state index in [9.17, 15) is 0 Å². The highest BCUT2D eigenvalue weighted by atomic mass is 15.2. The number of hydrogen-bond donors (Lipinski definition) is 0. The summed E-state index contributed by atoms with van der Waals surface area (Å²) in [6.07, 6.45) is 1.87. The van der Waals surface area contributed by atoms with E-state index in [1.807, 2.05) is 12.3 Å². The highest BCUT2D eigenvalue weighted by molar-refractivity contribution is 6.19. The van der Waals surface area contributed by atoms with Crippen LogP contribution < -0.4 is 4.90 Å². The molecule has 50 heavy (non-hydrogen) atoms. The Morgan fingerprint density at radius 2 is 1.22 bits per heavy atom. The third kappa shape index (κ3) is 4.17. The van der Waals surface area contributed by atoms with Gasteiger partial charge in [0.1, 0.15) is 5.82 Å². The quantitative estimate of drug-likeness (QED) is 0.192. The molecule has 3 heterocycles. The second kappa shape index (κ2) is 10.8. The summed E-state index contributed by atoms with van der Waals surface area (Å²) in [6, 6.07) is 56.7. The lowest BCUT2D eigenvalue weighted by Crippen LogP contribution is -2.19. The van der Waals surface area contributed by atoms with Gasteiger partial charge in [-0.1, -0.05) is 141 Å². The predicted octanol–water partition coefficient (Wildman–Crippen LogP) is 12.4. The number of pyridine rings is 2. The lowest BCUT2D eigenvalue weighted by atomic mass is 9.80. The van der Waals surface area contributed by atoms with Gasteiger partial charge < -0.3 is 0 Å². The van der Waals surface area contributed by atoms with E-state index in [0.29, 0.717) is 0 Å². The van der Waals surface area contributed by atoms with Crippen molar-refractivity contribution in [1.29, 1.82) is 0 Å². The SMILES string of the molecule is CC1(C)c2ccccc2-c2c1ccc1c2N(c2cc(-c3ccccc3)cc(-c3ccccc3)n2)c2cccc3c(-c4ccccn4)ccc-1c23. The van der Waals surface area contributed by atoms with Crippen LogP contribution in [0, 0.1) is 0 Å². The third-order valence-electron chi connectivity index (χ3n) is 10.7. The molecule has 0 amide bonds. The van der Waals surface area contributed by atoms with E-state index in [-0.39, 0.29) is 5.41 Å². The van der Waals surface area contributed by atoms with Gasteiger partial charge in [0.15, 0.2) is 0 Å². The van der Waals surface area contributed by atoms with Gasteiger partial charge in [-0.25, -0.2) is 4.98 Å². The van der Waals surface area contributed by atoms with Gasteiger partial charge in [-0.05, 0) is 69.1 Å². The maximum absolute atomic E-state index is 5.52. The lowest BCUT2D eigenvalue weighted by Gasteiger charge is -2.36. The van der Waals surface area contributed by atoms with E-state index in [1.54, 1.807) is 0 Å². The highest BCUT2D eigenvalue weighted by Crippen LogP contribution is 2.60. The topological polar surface area (TPSA) is 29.0 Å². The van der Waals surface area contributed by atoms with Crippen molar-refractivity contribution < 1.29 is 0 Å². The van der Waals surface area contributed by atoms with Gasteiger partial charge >= 0.3 is 0 Å². The highest BCUT2D eigenvalue weighted by Gasteiger charge is 2.41. The van der Waals surface area contributed by atoms with E-state index in [0.717, 1.165) is 45.1 Å². The van der Waals surface area contributed by atoms with Gasteiger partial charge in [-0.2, -0.15) is 0 Å². The molecule has 3 nitrogen and oxygen atoms in total. The Morgan fingerprint density at radius 1 is 0.500 bits per heavy atom. The van der Waals surface area contributed by atoms with Gasteiger partial charge in [-0.15, -0.1) is 0 Å². The zero-order valence-corrected chi connectivity index (χ0v) is 27.9. The maximum Gasteiger partial charge on any atom is 0.138 e. The molecule has 0 bridgehead atoms. The van der Waals surface area contributed by atoms with Gasteiger partial charge in [0.2, 0.25) is 0 Å². The van der Waals surface area contributed by atoms with Crippen LogP contribution in [0.5, 0.6) is 0 Å². The summed E-state index contributed by atoms with van der Waals surface area (Å²) in [7, 11) is 0. The maximum atomic E-state index is 5.52. The summed E-state index contributed by atoms with van der Waals surface area (Å²) < 4.78 is 0. The fourth-order valence-corrected chi connectivity index (χ4v) is 8.31. The predicted molar refractivity (Wildman–Crippen MR) is 207 cm³/mol. The second-order valence-corrected chi connectivity index (χ2v) is 13.8. The third-order valence-corrected chi connectivity index (χ3v) is 10.7. The molecule has 1 aliphatic carbocycles. The van der Waals surface area contributed by atoms with Crippen LogP contribution in [-0.2, 0) is 5.41 Å². The van der Waals surface area contributed by atoms with Crippen molar-refractivity contribution in [3.05, 3.63) is 175 Å². The van der Waals surface area contributed by atoms with Crippen molar-refractivity contribution >= 4 is 28.0 Å². The molecular weight excluding hydrogens is 607 g/mol. The van der Waals surface area contributed by atoms with Gasteiger partial charge in [0, 0.05) is 39.3 Å². The molecule has 0 spiro atoms. The Hall–Kier alpha value is -6.32. The van der Waals surface area contributed by atoms with E-state index in [1.165, 1.54) is 49.8 Å². The molecule has 6 aromatic carbocycles. The van der Waals surface area contributed by atoms with Crippen molar-refractivity contribution in [1.82, 2.24) is 9.97 Å². The van der Waals surface area contributed by atoms with Crippen LogP contribution >= 0.6 is 0 Å². The largest absolute Gasteiger partial charge is 0.293 e. The summed E-state index contributed by atoms with van der Waals surface area (Å²) >= 11 is 0. The molecule has 0 saturated heterocycles. The molecule has 0 fully saturated rings. The molecule has 0 N–H and O–H groups in total. The van der Waals surface area contributed by atoms with E-state index < -0.39 is 0 Å². The lowest BCUT2D eigenvalue weighted by molar-refractivity contribution is 0.660. The van der Waals surface area contributed by atoms with Crippen LogP contribution in [0.3, 0.4) is 0 Å². The number of benzene rings is 6. The molecule has 10 rings (SSSR count). The molecule has 2 aromatic heterocycles. The second-order valence-electron chi connectivity index (χ2n) is 13.8. The Morgan fingerprint density at radius 3 is 2.02 bits per heavy atom. The number of anilines is 3. The van der Waals surface area contributed by atoms with Crippen molar-refractivity contribution in [2.45, 2.75) is 19.3 Å². The van der Waals surface area contributed by atoms with Crippen molar-refractivity contribution in [2.75, 3.05) is 4.90 Å². The fourth-order valence-electron chi connectivity index (χ4n) is 8.31. The summed E-state index contributed by atoms with van der Waals surface area (Å²) in [6.45, 7) is 4.71. The number of fused-ring (bicyclic) bond motifs is 6. The molecule has 0 unspecified atom stereocenters. The molecule has 3 heteroatoms. The first-order chi connectivity index (χ1) is 24.6. The van der Waals surface area contributed by atoms with Crippen LogP contribution in [0.4, 0.5) is 17.2 Å². The molecule has 2 aliphatic rings. The summed E-state index contributed by atoms with van der Waals surface area (Å²) in [5.74, 6) is 0.892.